The van der Waals surface area contributed by atoms with Gasteiger partial charge in [-0.2, -0.15) is 0 Å². The second kappa shape index (κ2) is 4.97. The highest BCUT2D eigenvalue weighted by molar-refractivity contribution is 4.82. The molecule has 2 N–H and O–H groups in total. The number of hydrogen-bond donors (Lipinski definition) is 1. The summed E-state index contributed by atoms with van der Waals surface area (Å²) in [5.41, 5.74) is 5.80. The van der Waals surface area contributed by atoms with Gasteiger partial charge < -0.3 is 5.73 Å². The Kier molecular flexibility index (Phi) is 4.20. The van der Waals surface area contributed by atoms with Crippen LogP contribution in [0.1, 0.15) is 39.5 Å². The van der Waals surface area contributed by atoms with E-state index < -0.39 is 0 Å². The van der Waals surface area contributed by atoms with Crippen molar-refractivity contribution < 1.29 is 0 Å². The van der Waals surface area contributed by atoms with Crippen molar-refractivity contribution in [3.63, 3.8) is 0 Å². The summed E-state index contributed by atoms with van der Waals surface area (Å²) in [6.07, 6.45) is 5.56. The molecule has 0 bridgehead atoms. The van der Waals surface area contributed by atoms with Crippen molar-refractivity contribution in [1.82, 2.24) is 4.90 Å². The van der Waals surface area contributed by atoms with Crippen LogP contribution >= 0.6 is 0 Å². The molecule has 1 saturated carbocycles. The van der Waals surface area contributed by atoms with Crippen molar-refractivity contribution in [3.8, 4) is 0 Å². The van der Waals surface area contributed by atoms with Crippen LogP contribution in [0.3, 0.4) is 0 Å². The van der Waals surface area contributed by atoms with Crippen molar-refractivity contribution in [2.75, 3.05) is 13.6 Å². The zero-order chi connectivity index (χ0) is 9.84. The lowest BCUT2D eigenvalue weighted by Crippen LogP contribution is -2.46. The van der Waals surface area contributed by atoms with E-state index in [9.17, 15) is 0 Å². The zero-order valence-corrected chi connectivity index (χ0v) is 9.29. The van der Waals surface area contributed by atoms with E-state index in [1.807, 2.05) is 0 Å². The van der Waals surface area contributed by atoms with Crippen LogP contribution in [-0.2, 0) is 0 Å². The Bertz CT molecular complexity index is 139. The molecule has 0 radical (unpaired) electrons. The molecule has 13 heavy (non-hydrogen) atoms. The first-order valence-electron chi connectivity index (χ1n) is 5.58. The minimum absolute atomic E-state index is 0.572. The number of likely N-dealkylation sites (N-methyl/N-ethyl adjacent to an activating group) is 1. The Balaban J connectivity index is 2.46. The molecular formula is C11H24N2. The minimum atomic E-state index is 0.572. The number of hydrogen-bond acceptors (Lipinski definition) is 2. The van der Waals surface area contributed by atoms with E-state index in [4.69, 9.17) is 5.73 Å². The van der Waals surface area contributed by atoms with Gasteiger partial charge in [-0.15, -0.1) is 0 Å². The Morgan fingerprint density at radius 3 is 2.23 bits per heavy atom. The van der Waals surface area contributed by atoms with Crippen molar-refractivity contribution in [1.29, 1.82) is 0 Å². The minimum Gasteiger partial charge on any atom is -0.329 e. The lowest BCUT2D eigenvalue weighted by atomic mass is 10.0. The van der Waals surface area contributed by atoms with Crippen LogP contribution < -0.4 is 5.73 Å². The standard InChI is InChI=1S/C11H24N2/c1-9(2)11(8-12)13(3)10-6-4-5-7-10/h9-11H,4-8,12H2,1-3H3. The zero-order valence-electron chi connectivity index (χ0n) is 9.29. The molecule has 1 aliphatic carbocycles. The fraction of sp³-hybridized carbons (Fsp3) is 1.00. The van der Waals surface area contributed by atoms with E-state index >= 15 is 0 Å². The average molecular weight is 184 g/mol. The van der Waals surface area contributed by atoms with E-state index in [-0.39, 0.29) is 0 Å². The van der Waals surface area contributed by atoms with Gasteiger partial charge in [0.05, 0.1) is 0 Å². The van der Waals surface area contributed by atoms with Crippen molar-refractivity contribution in [3.05, 3.63) is 0 Å². The summed E-state index contributed by atoms with van der Waals surface area (Å²) < 4.78 is 0. The Morgan fingerprint density at radius 1 is 1.31 bits per heavy atom. The molecule has 1 aliphatic rings. The first kappa shape index (κ1) is 11.0. The molecule has 0 amide bonds. The van der Waals surface area contributed by atoms with E-state index in [1.54, 1.807) is 0 Å². The van der Waals surface area contributed by atoms with E-state index in [2.05, 4.69) is 25.8 Å². The summed E-state index contributed by atoms with van der Waals surface area (Å²) >= 11 is 0. The van der Waals surface area contributed by atoms with Gasteiger partial charge in [-0.25, -0.2) is 0 Å². The van der Waals surface area contributed by atoms with Gasteiger partial charge in [-0.05, 0) is 25.8 Å². The largest absolute Gasteiger partial charge is 0.329 e. The van der Waals surface area contributed by atoms with Crippen molar-refractivity contribution >= 4 is 0 Å². The van der Waals surface area contributed by atoms with Crippen LogP contribution in [0.15, 0.2) is 0 Å². The highest BCUT2D eigenvalue weighted by Gasteiger charge is 2.26. The van der Waals surface area contributed by atoms with Gasteiger partial charge in [-0.1, -0.05) is 26.7 Å². The van der Waals surface area contributed by atoms with Crippen LogP contribution in [0.4, 0.5) is 0 Å². The van der Waals surface area contributed by atoms with Gasteiger partial charge >= 0.3 is 0 Å². The third-order valence-electron chi connectivity index (χ3n) is 3.43. The predicted octanol–water partition coefficient (Wildman–Crippen LogP) is 1.84. The maximum atomic E-state index is 5.80. The Hall–Kier alpha value is -0.0800. The fourth-order valence-electron chi connectivity index (χ4n) is 2.49. The summed E-state index contributed by atoms with van der Waals surface area (Å²) in [7, 11) is 2.24. The first-order valence-corrected chi connectivity index (χ1v) is 5.58. The van der Waals surface area contributed by atoms with Crippen LogP contribution in [0.2, 0.25) is 0 Å². The monoisotopic (exact) mass is 184 g/mol. The van der Waals surface area contributed by atoms with Gasteiger partial charge in [-0.3, -0.25) is 4.90 Å². The fourth-order valence-corrected chi connectivity index (χ4v) is 2.49. The summed E-state index contributed by atoms with van der Waals surface area (Å²) in [5, 5.41) is 0. The van der Waals surface area contributed by atoms with Crippen LogP contribution in [0.5, 0.6) is 0 Å². The maximum Gasteiger partial charge on any atom is 0.0241 e. The highest BCUT2D eigenvalue weighted by Crippen LogP contribution is 2.25. The molecule has 1 atom stereocenters. The SMILES string of the molecule is CC(C)C(CN)N(C)C1CCCC1. The second-order valence-corrected chi connectivity index (χ2v) is 4.65. The molecule has 0 aromatic rings. The quantitative estimate of drug-likeness (QED) is 0.722. The van der Waals surface area contributed by atoms with E-state index in [0.29, 0.717) is 12.0 Å². The lowest BCUT2D eigenvalue weighted by molar-refractivity contribution is 0.142. The van der Waals surface area contributed by atoms with Gasteiger partial charge in [0.25, 0.3) is 0 Å². The third-order valence-corrected chi connectivity index (χ3v) is 3.43. The Labute approximate surface area is 82.5 Å². The van der Waals surface area contributed by atoms with E-state index in [1.165, 1.54) is 25.7 Å². The number of rotatable bonds is 4. The molecule has 0 spiro atoms. The van der Waals surface area contributed by atoms with Gasteiger partial charge in [0, 0.05) is 18.6 Å². The molecular weight excluding hydrogens is 160 g/mol. The molecule has 0 saturated heterocycles. The molecule has 1 rings (SSSR count). The average Bonchev–Trinajstić information content (AvgIpc) is 2.56. The summed E-state index contributed by atoms with van der Waals surface area (Å²) in [6.45, 7) is 5.33. The van der Waals surface area contributed by atoms with Gasteiger partial charge in [0.1, 0.15) is 0 Å². The Morgan fingerprint density at radius 2 is 1.85 bits per heavy atom. The molecule has 1 unspecified atom stereocenters. The van der Waals surface area contributed by atoms with Gasteiger partial charge in [0.2, 0.25) is 0 Å². The molecule has 2 nitrogen and oxygen atoms in total. The molecule has 1 fully saturated rings. The molecule has 0 aliphatic heterocycles. The second-order valence-electron chi connectivity index (χ2n) is 4.65. The molecule has 0 aromatic carbocycles. The lowest BCUT2D eigenvalue weighted by Gasteiger charge is -2.34. The molecule has 78 valence electrons. The number of nitrogens with zero attached hydrogens (tertiary/aromatic N) is 1. The smallest absolute Gasteiger partial charge is 0.0241 e. The topological polar surface area (TPSA) is 29.3 Å². The van der Waals surface area contributed by atoms with Crippen LogP contribution in [0, 0.1) is 5.92 Å². The number of nitrogens with two attached hydrogens (primary N) is 1. The molecule has 2 heteroatoms. The van der Waals surface area contributed by atoms with E-state index in [0.717, 1.165) is 12.6 Å². The first-order chi connectivity index (χ1) is 6.16. The third kappa shape index (κ3) is 2.68. The predicted molar refractivity (Wildman–Crippen MR) is 57.7 cm³/mol. The maximum absolute atomic E-state index is 5.80. The highest BCUT2D eigenvalue weighted by atomic mass is 15.2. The van der Waals surface area contributed by atoms with Crippen molar-refractivity contribution in [2.45, 2.75) is 51.6 Å². The normalized spacial score (nSPS) is 21.7. The van der Waals surface area contributed by atoms with Crippen LogP contribution in [-0.4, -0.2) is 30.6 Å². The summed E-state index contributed by atoms with van der Waals surface area (Å²) in [4.78, 5) is 2.51. The van der Waals surface area contributed by atoms with Crippen molar-refractivity contribution in [2.24, 2.45) is 11.7 Å². The molecule has 0 aromatic heterocycles. The van der Waals surface area contributed by atoms with Gasteiger partial charge in [0.15, 0.2) is 0 Å². The molecule has 0 heterocycles. The van der Waals surface area contributed by atoms with Crippen LogP contribution in [0.25, 0.3) is 0 Å². The summed E-state index contributed by atoms with van der Waals surface area (Å²) in [6, 6.07) is 1.37. The summed E-state index contributed by atoms with van der Waals surface area (Å²) in [5.74, 6) is 0.676.